The fourth-order valence-electron chi connectivity index (χ4n) is 5.12. The summed E-state index contributed by atoms with van der Waals surface area (Å²) in [5, 5.41) is 8.92. The Balaban J connectivity index is 1.29. The molecule has 0 spiro atoms. The molecule has 0 bridgehead atoms. The van der Waals surface area contributed by atoms with Crippen molar-refractivity contribution in [3.05, 3.63) is 42.2 Å². The molecule has 2 fully saturated rings. The third-order valence-corrected chi connectivity index (χ3v) is 7.42. The molecule has 0 aliphatic heterocycles. The normalized spacial score (nSPS) is 20.3. The first-order valence-corrected chi connectivity index (χ1v) is 12.8. The number of anilines is 1. The number of nitrogens with two attached hydrogens (primary N) is 1. The van der Waals surface area contributed by atoms with Gasteiger partial charge < -0.3 is 15.8 Å². The number of nitrogen functional groups attached to an aromatic ring is 1. The molecule has 3 aromatic rings. The SMILES string of the molecule is COc1cc(-c2nn(C3CCC(NC(=O)/C=C/CN(C)C4CC4)CC3)c3ncnc(N)c23)ccc1C. The number of hydrogen-bond donors (Lipinski definition) is 2. The molecule has 2 aliphatic rings. The van der Waals surface area contributed by atoms with Gasteiger partial charge in [-0.15, -0.1) is 0 Å². The van der Waals surface area contributed by atoms with E-state index >= 15 is 0 Å². The third kappa shape index (κ3) is 5.06. The van der Waals surface area contributed by atoms with Crippen molar-refractivity contribution in [3.8, 4) is 17.0 Å². The Kier molecular flexibility index (Phi) is 6.91. The van der Waals surface area contributed by atoms with Crippen molar-refractivity contribution in [2.45, 2.75) is 63.6 Å². The fourth-order valence-corrected chi connectivity index (χ4v) is 5.12. The number of amides is 1. The van der Waals surface area contributed by atoms with Crippen LogP contribution < -0.4 is 15.8 Å². The molecule has 1 aromatic carbocycles. The molecule has 0 radical (unpaired) electrons. The highest BCUT2D eigenvalue weighted by molar-refractivity contribution is 5.98. The van der Waals surface area contributed by atoms with Crippen LogP contribution in [0.2, 0.25) is 0 Å². The number of methoxy groups -OCH3 is 1. The van der Waals surface area contributed by atoms with Crippen LogP contribution in [-0.2, 0) is 4.79 Å². The number of carbonyl (C=O) groups excluding carboxylic acids is 1. The Labute approximate surface area is 211 Å². The van der Waals surface area contributed by atoms with Crippen molar-refractivity contribution in [2.75, 3.05) is 26.4 Å². The van der Waals surface area contributed by atoms with Crippen molar-refractivity contribution >= 4 is 22.8 Å². The van der Waals surface area contributed by atoms with Crippen LogP contribution in [0.3, 0.4) is 0 Å². The Morgan fingerprint density at radius 2 is 2.00 bits per heavy atom. The largest absolute Gasteiger partial charge is 0.496 e. The highest BCUT2D eigenvalue weighted by Crippen LogP contribution is 2.37. The second-order valence-corrected chi connectivity index (χ2v) is 10.0. The number of aromatic nitrogens is 4. The van der Waals surface area contributed by atoms with Crippen molar-refractivity contribution in [1.29, 1.82) is 0 Å². The molecule has 5 rings (SSSR count). The second-order valence-electron chi connectivity index (χ2n) is 10.0. The number of nitrogens with zero attached hydrogens (tertiary/aromatic N) is 5. The first-order chi connectivity index (χ1) is 17.4. The number of aryl methyl sites for hydroxylation is 1. The summed E-state index contributed by atoms with van der Waals surface area (Å²) in [4.78, 5) is 23.5. The predicted molar refractivity (Wildman–Crippen MR) is 141 cm³/mol. The van der Waals surface area contributed by atoms with Crippen molar-refractivity contribution < 1.29 is 9.53 Å². The van der Waals surface area contributed by atoms with E-state index in [-0.39, 0.29) is 18.0 Å². The van der Waals surface area contributed by atoms with Gasteiger partial charge in [-0.05, 0) is 64.1 Å². The lowest BCUT2D eigenvalue weighted by molar-refractivity contribution is -0.117. The Hall–Kier alpha value is -3.46. The van der Waals surface area contributed by atoms with Gasteiger partial charge in [-0.2, -0.15) is 5.10 Å². The van der Waals surface area contributed by atoms with Crippen LogP contribution in [0.4, 0.5) is 5.82 Å². The topological polar surface area (TPSA) is 111 Å². The van der Waals surface area contributed by atoms with E-state index in [1.54, 1.807) is 13.2 Å². The maximum absolute atomic E-state index is 12.4. The van der Waals surface area contributed by atoms with Crippen LogP contribution >= 0.6 is 0 Å². The predicted octanol–water partition coefficient (Wildman–Crippen LogP) is 3.64. The van der Waals surface area contributed by atoms with Gasteiger partial charge in [0.2, 0.25) is 5.91 Å². The second kappa shape index (κ2) is 10.3. The summed E-state index contributed by atoms with van der Waals surface area (Å²) in [6.45, 7) is 2.83. The average molecular weight is 490 g/mol. The van der Waals surface area contributed by atoms with Gasteiger partial charge in [-0.3, -0.25) is 9.69 Å². The molecular weight excluding hydrogens is 454 g/mol. The van der Waals surface area contributed by atoms with Gasteiger partial charge in [0.15, 0.2) is 5.65 Å². The van der Waals surface area contributed by atoms with Crippen LogP contribution in [0.1, 0.15) is 50.1 Å². The van der Waals surface area contributed by atoms with Gasteiger partial charge in [0.1, 0.15) is 23.6 Å². The summed E-state index contributed by atoms with van der Waals surface area (Å²) in [6.07, 6.45) is 11.2. The third-order valence-electron chi connectivity index (χ3n) is 7.42. The van der Waals surface area contributed by atoms with Crippen LogP contribution in [0.25, 0.3) is 22.3 Å². The standard InChI is InChI=1S/C27H35N7O2/c1-17-6-7-18(15-22(17)36-3)25-24-26(28)29-16-30-27(24)34(32-25)21-10-8-19(9-11-21)31-23(35)5-4-14-33(2)20-12-13-20/h4-7,15-16,19-21H,8-14H2,1-3H3,(H,31,35)(H2,28,29,30)/b5-4+. The minimum atomic E-state index is -0.0108. The van der Waals surface area contributed by atoms with E-state index in [2.05, 4.69) is 27.2 Å². The number of hydrogen-bond acceptors (Lipinski definition) is 7. The number of rotatable bonds is 8. The fraction of sp³-hybridized carbons (Fsp3) is 0.481. The zero-order valence-electron chi connectivity index (χ0n) is 21.3. The molecule has 2 heterocycles. The number of carbonyl (C=O) groups is 1. The van der Waals surface area contributed by atoms with Crippen molar-refractivity contribution in [2.24, 2.45) is 0 Å². The molecule has 0 saturated heterocycles. The molecule has 0 atom stereocenters. The van der Waals surface area contributed by atoms with Gasteiger partial charge in [-0.25, -0.2) is 14.6 Å². The summed E-state index contributed by atoms with van der Waals surface area (Å²) in [5.41, 5.74) is 9.78. The molecule has 1 amide bonds. The summed E-state index contributed by atoms with van der Waals surface area (Å²) in [7, 11) is 3.78. The lowest BCUT2D eigenvalue weighted by Gasteiger charge is -2.29. The smallest absolute Gasteiger partial charge is 0.243 e. The molecule has 190 valence electrons. The molecule has 0 unspecified atom stereocenters. The van der Waals surface area contributed by atoms with E-state index in [1.165, 1.54) is 19.2 Å². The van der Waals surface area contributed by atoms with Crippen LogP contribution in [0, 0.1) is 6.92 Å². The minimum absolute atomic E-state index is 0.0108. The lowest BCUT2D eigenvalue weighted by Crippen LogP contribution is -2.37. The van der Waals surface area contributed by atoms with Gasteiger partial charge in [0.05, 0.1) is 18.5 Å². The number of benzene rings is 1. The summed E-state index contributed by atoms with van der Waals surface area (Å²) >= 11 is 0. The quantitative estimate of drug-likeness (QED) is 0.465. The summed E-state index contributed by atoms with van der Waals surface area (Å²) in [5.74, 6) is 1.21. The van der Waals surface area contributed by atoms with E-state index < -0.39 is 0 Å². The molecular formula is C27H35N7O2. The van der Waals surface area contributed by atoms with Gasteiger partial charge >= 0.3 is 0 Å². The van der Waals surface area contributed by atoms with E-state index in [0.717, 1.165) is 65.8 Å². The van der Waals surface area contributed by atoms with Crippen LogP contribution in [0.15, 0.2) is 36.7 Å². The monoisotopic (exact) mass is 489 g/mol. The van der Waals surface area contributed by atoms with E-state index in [0.29, 0.717) is 11.9 Å². The number of fused-ring (bicyclic) bond motifs is 1. The molecule has 9 nitrogen and oxygen atoms in total. The zero-order valence-corrected chi connectivity index (χ0v) is 21.3. The van der Waals surface area contributed by atoms with E-state index in [4.69, 9.17) is 15.6 Å². The van der Waals surface area contributed by atoms with Crippen molar-refractivity contribution in [1.82, 2.24) is 30.0 Å². The highest BCUT2D eigenvalue weighted by Gasteiger charge is 2.28. The highest BCUT2D eigenvalue weighted by atomic mass is 16.5. The van der Waals surface area contributed by atoms with Gasteiger partial charge in [0.25, 0.3) is 0 Å². The molecule has 9 heteroatoms. The lowest BCUT2D eigenvalue weighted by atomic mass is 9.91. The molecule has 36 heavy (non-hydrogen) atoms. The average Bonchev–Trinajstić information content (AvgIpc) is 3.66. The molecule has 3 N–H and O–H groups in total. The van der Waals surface area contributed by atoms with Crippen molar-refractivity contribution in [3.63, 3.8) is 0 Å². The number of nitrogens with one attached hydrogen (secondary N) is 1. The van der Waals surface area contributed by atoms with Crippen LogP contribution in [0.5, 0.6) is 5.75 Å². The molecule has 2 aromatic heterocycles. The van der Waals surface area contributed by atoms with Gasteiger partial charge in [-0.1, -0.05) is 18.2 Å². The first-order valence-electron chi connectivity index (χ1n) is 12.8. The number of likely N-dealkylation sites (N-methyl/N-ethyl adjacent to an activating group) is 1. The molecule has 2 aliphatic carbocycles. The Morgan fingerprint density at radius 3 is 2.72 bits per heavy atom. The van der Waals surface area contributed by atoms with Gasteiger partial charge in [0, 0.05) is 30.3 Å². The first kappa shape index (κ1) is 24.2. The molecule has 2 saturated carbocycles. The Bertz CT molecular complexity index is 1270. The zero-order chi connectivity index (χ0) is 25.2. The van der Waals surface area contributed by atoms with E-state index in [1.807, 2.05) is 35.9 Å². The van der Waals surface area contributed by atoms with E-state index in [9.17, 15) is 4.79 Å². The van der Waals surface area contributed by atoms with Crippen LogP contribution in [-0.4, -0.2) is 63.3 Å². The number of ether oxygens (including phenoxy) is 1. The maximum atomic E-state index is 12.4. The summed E-state index contributed by atoms with van der Waals surface area (Å²) in [6, 6.07) is 7.07. The maximum Gasteiger partial charge on any atom is 0.243 e. The minimum Gasteiger partial charge on any atom is -0.496 e. The Morgan fingerprint density at radius 1 is 1.22 bits per heavy atom. The summed E-state index contributed by atoms with van der Waals surface area (Å²) < 4.78 is 7.53.